The normalized spacial score (nSPS) is 28.1. The Morgan fingerprint density at radius 3 is 2.24 bits per heavy atom. The molecule has 0 aromatic heterocycles. The molecule has 106 valence electrons. The van der Waals surface area contributed by atoms with Gasteiger partial charge in [-0.25, -0.2) is 0 Å². The Labute approximate surface area is 120 Å². The van der Waals surface area contributed by atoms with Crippen molar-refractivity contribution < 1.29 is 19.2 Å². The van der Waals surface area contributed by atoms with Crippen molar-refractivity contribution in [2.75, 3.05) is 0 Å². The van der Waals surface area contributed by atoms with E-state index in [9.17, 15) is 19.2 Å². The lowest BCUT2D eigenvalue weighted by Crippen LogP contribution is -2.30. The summed E-state index contributed by atoms with van der Waals surface area (Å²) in [5.74, 6) is -1.74. The first kappa shape index (κ1) is 13.2. The van der Waals surface area contributed by atoms with Crippen LogP contribution in [0.25, 0.3) is 0 Å². The average molecular weight is 284 g/mol. The van der Waals surface area contributed by atoms with Crippen molar-refractivity contribution >= 4 is 23.6 Å². The van der Waals surface area contributed by atoms with Gasteiger partial charge in [-0.3, -0.25) is 29.8 Å². The highest BCUT2D eigenvalue weighted by atomic mass is 16.2. The van der Waals surface area contributed by atoms with Crippen molar-refractivity contribution in [2.45, 2.75) is 13.3 Å². The smallest absolute Gasteiger partial charge is 0.258 e. The van der Waals surface area contributed by atoms with Crippen LogP contribution in [0.1, 0.15) is 13.3 Å². The molecule has 0 saturated carbocycles. The largest absolute Gasteiger partial charge is 0.289 e. The summed E-state index contributed by atoms with van der Waals surface area (Å²) in [6.07, 6.45) is 8.18. The summed E-state index contributed by atoms with van der Waals surface area (Å²) in [4.78, 5) is 46.1. The molecule has 3 rings (SSSR count). The average Bonchev–Trinajstić information content (AvgIpc) is 2.92. The number of hydrogen-bond donors (Lipinski definition) is 2. The highest BCUT2D eigenvalue weighted by molar-refractivity contribution is 6.19. The third kappa shape index (κ3) is 2.14. The van der Waals surface area contributed by atoms with Gasteiger partial charge in [-0.1, -0.05) is 25.2 Å². The molecule has 2 N–H and O–H groups in total. The van der Waals surface area contributed by atoms with E-state index in [1.54, 1.807) is 12.2 Å². The molecule has 1 atom stereocenters. The molecule has 4 amide bonds. The van der Waals surface area contributed by atoms with Gasteiger partial charge in [0.25, 0.3) is 23.6 Å². The summed E-state index contributed by atoms with van der Waals surface area (Å²) in [7, 11) is 0. The number of hydrogen-bond acceptors (Lipinski definition) is 4. The Morgan fingerprint density at radius 1 is 1.00 bits per heavy atom. The van der Waals surface area contributed by atoms with Crippen molar-refractivity contribution in [1.82, 2.24) is 10.6 Å². The third-order valence-electron chi connectivity index (χ3n) is 3.79. The first-order chi connectivity index (χ1) is 9.89. The fraction of sp³-hybridized carbons (Fsp3) is 0.200. The van der Waals surface area contributed by atoms with Gasteiger partial charge < -0.3 is 0 Å². The molecule has 0 saturated heterocycles. The van der Waals surface area contributed by atoms with E-state index in [0.29, 0.717) is 23.1 Å². The van der Waals surface area contributed by atoms with Crippen LogP contribution in [-0.4, -0.2) is 23.6 Å². The van der Waals surface area contributed by atoms with Gasteiger partial charge in [0.1, 0.15) is 0 Å². The zero-order valence-corrected chi connectivity index (χ0v) is 11.2. The van der Waals surface area contributed by atoms with Crippen molar-refractivity contribution in [3.8, 4) is 0 Å². The zero-order chi connectivity index (χ0) is 15.2. The van der Waals surface area contributed by atoms with E-state index in [1.807, 2.05) is 13.0 Å². The van der Waals surface area contributed by atoms with Gasteiger partial charge in [0, 0.05) is 28.7 Å². The van der Waals surface area contributed by atoms with Crippen molar-refractivity contribution in [3.05, 3.63) is 47.1 Å². The molecule has 0 aromatic carbocycles. The minimum atomic E-state index is -0.687. The summed E-state index contributed by atoms with van der Waals surface area (Å²) in [6.45, 7) is 1.82. The summed E-state index contributed by atoms with van der Waals surface area (Å²) >= 11 is 0. The molecular formula is C15H12N2O4. The number of imide groups is 2. The molecule has 0 bridgehead atoms. The van der Waals surface area contributed by atoms with E-state index < -0.39 is 29.0 Å². The van der Waals surface area contributed by atoms with Crippen molar-refractivity contribution in [2.24, 2.45) is 5.41 Å². The number of carbonyl (C=O) groups excluding carboxylic acids is 4. The molecule has 2 heterocycles. The molecule has 6 heteroatoms. The van der Waals surface area contributed by atoms with E-state index in [-0.39, 0.29) is 0 Å². The Morgan fingerprint density at radius 2 is 1.67 bits per heavy atom. The highest BCUT2D eigenvalue weighted by Gasteiger charge is 2.39. The molecule has 1 aliphatic carbocycles. The predicted molar refractivity (Wildman–Crippen MR) is 72.4 cm³/mol. The first-order valence-corrected chi connectivity index (χ1v) is 6.42. The number of allylic oxidation sites excluding steroid dienone is 3. The van der Waals surface area contributed by atoms with E-state index in [0.717, 1.165) is 0 Å². The van der Waals surface area contributed by atoms with Gasteiger partial charge in [0.05, 0.1) is 0 Å². The third-order valence-corrected chi connectivity index (χ3v) is 3.79. The molecular weight excluding hydrogens is 272 g/mol. The van der Waals surface area contributed by atoms with E-state index in [1.165, 1.54) is 12.2 Å². The summed E-state index contributed by atoms with van der Waals surface area (Å²) in [6, 6.07) is 0. The van der Waals surface area contributed by atoms with E-state index >= 15 is 0 Å². The number of amides is 4. The van der Waals surface area contributed by atoms with Crippen molar-refractivity contribution in [1.29, 1.82) is 0 Å². The standard InChI is InChI=1S/C15H12N2O4/c1-15(10-6-12(19)17-14(10)21)4-2-3-8(7-15)9-5-11(18)16-13(9)20/h2-6H,7H2,1H3,(H,16,18,20)(H,17,19,21). The lowest BCUT2D eigenvalue weighted by Gasteiger charge is -2.30. The van der Waals surface area contributed by atoms with Gasteiger partial charge >= 0.3 is 0 Å². The lowest BCUT2D eigenvalue weighted by atomic mass is 9.73. The van der Waals surface area contributed by atoms with Crippen LogP contribution in [0, 0.1) is 5.41 Å². The second-order valence-electron chi connectivity index (χ2n) is 5.40. The number of rotatable bonds is 2. The van der Waals surface area contributed by atoms with Crippen LogP contribution >= 0.6 is 0 Å². The fourth-order valence-corrected chi connectivity index (χ4v) is 2.75. The van der Waals surface area contributed by atoms with Gasteiger partial charge in [-0.2, -0.15) is 0 Å². The van der Waals surface area contributed by atoms with Gasteiger partial charge in [-0.05, 0) is 12.0 Å². The maximum absolute atomic E-state index is 11.8. The molecule has 0 radical (unpaired) electrons. The van der Waals surface area contributed by atoms with Crippen LogP contribution < -0.4 is 10.6 Å². The topological polar surface area (TPSA) is 92.3 Å². The summed E-state index contributed by atoms with van der Waals surface area (Å²) < 4.78 is 0. The number of nitrogens with one attached hydrogen (secondary N) is 2. The second kappa shape index (κ2) is 4.37. The van der Waals surface area contributed by atoms with Gasteiger partial charge in [0.2, 0.25) is 0 Å². The second-order valence-corrected chi connectivity index (χ2v) is 5.40. The van der Waals surface area contributed by atoms with Crippen LogP contribution in [0.2, 0.25) is 0 Å². The minimum absolute atomic E-state index is 0.306. The quantitative estimate of drug-likeness (QED) is 0.700. The maximum Gasteiger partial charge on any atom is 0.258 e. The SMILES string of the molecule is CC1(C2=CC(=O)NC2=O)C=CC=C(C2=CC(=O)NC2=O)C1. The first-order valence-electron chi connectivity index (χ1n) is 6.42. The lowest BCUT2D eigenvalue weighted by molar-refractivity contribution is -0.125. The van der Waals surface area contributed by atoms with E-state index in [2.05, 4.69) is 10.6 Å². The zero-order valence-electron chi connectivity index (χ0n) is 11.2. The van der Waals surface area contributed by atoms with Crippen LogP contribution in [0.5, 0.6) is 0 Å². The number of carbonyl (C=O) groups is 4. The van der Waals surface area contributed by atoms with Crippen LogP contribution in [-0.2, 0) is 19.2 Å². The van der Waals surface area contributed by atoms with Crippen LogP contribution in [0.4, 0.5) is 0 Å². The molecule has 2 aliphatic heterocycles. The maximum atomic E-state index is 11.8. The Hall–Kier alpha value is -2.76. The molecule has 0 fully saturated rings. The Balaban J connectivity index is 1.93. The summed E-state index contributed by atoms with van der Waals surface area (Å²) in [5, 5.41) is 4.41. The molecule has 21 heavy (non-hydrogen) atoms. The van der Waals surface area contributed by atoms with Gasteiger partial charge in [-0.15, -0.1) is 0 Å². The van der Waals surface area contributed by atoms with Crippen LogP contribution in [0.15, 0.2) is 47.1 Å². The molecule has 3 aliphatic rings. The van der Waals surface area contributed by atoms with E-state index in [4.69, 9.17) is 0 Å². The molecule has 1 unspecified atom stereocenters. The predicted octanol–water partition coefficient (Wildman–Crippen LogP) is 0.0446. The minimum Gasteiger partial charge on any atom is -0.289 e. The summed E-state index contributed by atoms with van der Waals surface area (Å²) in [5.41, 5.74) is 0.643. The molecule has 6 nitrogen and oxygen atoms in total. The fourth-order valence-electron chi connectivity index (χ4n) is 2.75. The monoisotopic (exact) mass is 284 g/mol. The highest BCUT2D eigenvalue weighted by Crippen LogP contribution is 2.41. The molecule has 0 spiro atoms. The van der Waals surface area contributed by atoms with Crippen molar-refractivity contribution in [3.63, 3.8) is 0 Å². The van der Waals surface area contributed by atoms with Gasteiger partial charge in [0.15, 0.2) is 0 Å². The van der Waals surface area contributed by atoms with Crippen LogP contribution in [0.3, 0.4) is 0 Å². The molecule has 0 aromatic rings. The Bertz CT molecular complexity index is 724. The Kier molecular flexibility index (Phi) is 2.76.